The monoisotopic (exact) mass is 260 g/mol. The Morgan fingerprint density at radius 2 is 1.84 bits per heavy atom. The first-order valence-corrected chi connectivity index (χ1v) is 7.29. The molecule has 0 N–H and O–H groups in total. The minimum absolute atomic E-state index is 0.0116. The quantitative estimate of drug-likeness (QED) is 0.772. The van der Waals surface area contributed by atoms with Crippen LogP contribution in [0.1, 0.15) is 25.8 Å². The average molecular weight is 260 g/mol. The smallest absolute Gasteiger partial charge is 0.123 e. The molecule has 0 aliphatic carbocycles. The maximum Gasteiger partial charge on any atom is 0.123 e. The van der Waals surface area contributed by atoms with Gasteiger partial charge in [-0.2, -0.15) is 0 Å². The van der Waals surface area contributed by atoms with Crippen LogP contribution in [-0.2, 0) is 6.42 Å². The third kappa shape index (κ3) is 2.71. The van der Waals surface area contributed by atoms with Crippen molar-refractivity contribution < 1.29 is 4.74 Å². The van der Waals surface area contributed by atoms with Gasteiger partial charge in [-0.1, -0.05) is 0 Å². The summed E-state index contributed by atoms with van der Waals surface area (Å²) in [6.07, 6.45) is 2.23. The van der Waals surface area contributed by atoms with Crippen LogP contribution in [0.3, 0.4) is 0 Å². The maximum absolute atomic E-state index is 6.05. The summed E-state index contributed by atoms with van der Waals surface area (Å²) in [5.41, 5.74) is 2.72. The number of anilines is 1. The molecule has 0 atom stereocenters. The summed E-state index contributed by atoms with van der Waals surface area (Å²) in [6, 6.07) is 6.70. The van der Waals surface area contributed by atoms with Crippen molar-refractivity contribution in [2.75, 3.05) is 38.1 Å². The Kier molecular flexibility index (Phi) is 3.17. The van der Waals surface area contributed by atoms with Gasteiger partial charge in [0.25, 0.3) is 0 Å². The lowest BCUT2D eigenvalue weighted by Gasteiger charge is -2.36. The van der Waals surface area contributed by atoms with Gasteiger partial charge in [0.2, 0.25) is 0 Å². The van der Waals surface area contributed by atoms with Gasteiger partial charge in [-0.05, 0) is 57.5 Å². The van der Waals surface area contributed by atoms with Crippen molar-refractivity contribution in [1.82, 2.24) is 4.90 Å². The number of nitrogens with zero attached hydrogens (tertiary/aromatic N) is 2. The van der Waals surface area contributed by atoms with E-state index < -0.39 is 0 Å². The molecule has 0 amide bonds. The molecule has 19 heavy (non-hydrogen) atoms. The van der Waals surface area contributed by atoms with Gasteiger partial charge in [-0.25, -0.2) is 0 Å². The molecule has 1 fully saturated rings. The first-order chi connectivity index (χ1) is 9.03. The number of benzene rings is 1. The second-order valence-corrected chi connectivity index (χ2v) is 6.44. The lowest BCUT2D eigenvalue weighted by atomic mass is 9.94. The summed E-state index contributed by atoms with van der Waals surface area (Å²) in [5.74, 6) is 1.08. The lowest BCUT2D eigenvalue weighted by Crippen LogP contribution is -2.44. The van der Waals surface area contributed by atoms with E-state index in [-0.39, 0.29) is 5.60 Å². The largest absolute Gasteiger partial charge is 0.488 e. The van der Waals surface area contributed by atoms with E-state index in [0.29, 0.717) is 0 Å². The SMILES string of the molecule is CN1CCN(c2ccc3c(c2)CCC(C)(C)O3)CC1. The molecule has 0 aromatic heterocycles. The number of piperazine rings is 1. The fourth-order valence-electron chi connectivity index (χ4n) is 2.91. The normalized spacial score (nSPS) is 22.8. The molecule has 1 aromatic rings. The lowest BCUT2D eigenvalue weighted by molar-refractivity contribution is 0.0847. The molecule has 1 saturated heterocycles. The van der Waals surface area contributed by atoms with Crippen LogP contribution in [0.4, 0.5) is 5.69 Å². The van der Waals surface area contributed by atoms with E-state index >= 15 is 0 Å². The van der Waals surface area contributed by atoms with Crippen molar-refractivity contribution in [2.45, 2.75) is 32.3 Å². The third-order valence-electron chi connectivity index (χ3n) is 4.30. The van der Waals surface area contributed by atoms with Gasteiger partial charge in [-0.3, -0.25) is 0 Å². The van der Waals surface area contributed by atoms with Gasteiger partial charge in [0.1, 0.15) is 11.4 Å². The highest BCUT2D eigenvalue weighted by molar-refractivity contribution is 5.54. The molecule has 2 aliphatic rings. The van der Waals surface area contributed by atoms with Gasteiger partial charge in [0, 0.05) is 31.9 Å². The zero-order chi connectivity index (χ0) is 13.5. The van der Waals surface area contributed by atoms with Crippen LogP contribution in [0.2, 0.25) is 0 Å². The van der Waals surface area contributed by atoms with Crippen LogP contribution in [0, 0.1) is 0 Å². The molecule has 2 aliphatic heterocycles. The number of fused-ring (bicyclic) bond motifs is 1. The molecule has 0 unspecified atom stereocenters. The first kappa shape index (κ1) is 12.8. The van der Waals surface area contributed by atoms with Crippen LogP contribution in [-0.4, -0.2) is 43.7 Å². The summed E-state index contributed by atoms with van der Waals surface area (Å²) >= 11 is 0. The number of hydrogen-bond acceptors (Lipinski definition) is 3. The Morgan fingerprint density at radius 3 is 2.58 bits per heavy atom. The summed E-state index contributed by atoms with van der Waals surface area (Å²) in [4.78, 5) is 4.88. The summed E-state index contributed by atoms with van der Waals surface area (Å²) in [5, 5.41) is 0. The van der Waals surface area contributed by atoms with Crippen molar-refractivity contribution in [2.24, 2.45) is 0 Å². The molecule has 2 heterocycles. The summed E-state index contributed by atoms with van der Waals surface area (Å²) in [6.45, 7) is 8.90. The number of rotatable bonds is 1. The minimum Gasteiger partial charge on any atom is -0.488 e. The number of aryl methyl sites for hydroxylation is 1. The Balaban J connectivity index is 1.79. The Morgan fingerprint density at radius 1 is 1.11 bits per heavy atom. The van der Waals surface area contributed by atoms with Crippen molar-refractivity contribution >= 4 is 5.69 Å². The standard InChI is InChI=1S/C16H24N2O/c1-16(2)7-6-13-12-14(4-5-15(13)19-16)18-10-8-17(3)9-11-18/h4-5,12H,6-11H2,1-3H3. The van der Waals surface area contributed by atoms with E-state index in [2.05, 4.69) is 48.9 Å². The molecule has 0 radical (unpaired) electrons. The van der Waals surface area contributed by atoms with E-state index in [1.165, 1.54) is 11.3 Å². The zero-order valence-corrected chi connectivity index (χ0v) is 12.3. The van der Waals surface area contributed by atoms with Gasteiger partial charge in [-0.15, -0.1) is 0 Å². The van der Waals surface area contributed by atoms with Crippen LogP contribution < -0.4 is 9.64 Å². The topological polar surface area (TPSA) is 15.7 Å². The van der Waals surface area contributed by atoms with Gasteiger partial charge in [0.15, 0.2) is 0 Å². The molecule has 104 valence electrons. The second kappa shape index (κ2) is 4.71. The van der Waals surface area contributed by atoms with Crippen LogP contribution in [0.5, 0.6) is 5.75 Å². The highest BCUT2D eigenvalue weighted by Crippen LogP contribution is 2.35. The zero-order valence-electron chi connectivity index (χ0n) is 12.3. The number of likely N-dealkylation sites (N-methyl/N-ethyl adjacent to an activating group) is 1. The third-order valence-corrected chi connectivity index (χ3v) is 4.30. The Bertz CT molecular complexity index is 462. The minimum atomic E-state index is -0.0116. The van der Waals surface area contributed by atoms with Crippen LogP contribution in [0.25, 0.3) is 0 Å². The summed E-state index contributed by atoms with van der Waals surface area (Å²) < 4.78 is 6.05. The van der Waals surface area contributed by atoms with Crippen molar-refractivity contribution in [3.63, 3.8) is 0 Å². The summed E-state index contributed by atoms with van der Waals surface area (Å²) in [7, 11) is 2.19. The van der Waals surface area contributed by atoms with Gasteiger partial charge in [0.05, 0.1) is 0 Å². The molecule has 3 rings (SSSR count). The fraction of sp³-hybridized carbons (Fsp3) is 0.625. The van der Waals surface area contributed by atoms with E-state index in [0.717, 1.165) is 44.8 Å². The first-order valence-electron chi connectivity index (χ1n) is 7.29. The predicted molar refractivity (Wildman–Crippen MR) is 79.2 cm³/mol. The molecule has 1 aromatic carbocycles. The molecular weight excluding hydrogens is 236 g/mol. The fourth-order valence-corrected chi connectivity index (χ4v) is 2.91. The van der Waals surface area contributed by atoms with E-state index in [4.69, 9.17) is 4.74 Å². The second-order valence-electron chi connectivity index (χ2n) is 6.44. The average Bonchev–Trinajstić information content (AvgIpc) is 2.38. The number of ether oxygens (including phenoxy) is 1. The van der Waals surface area contributed by atoms with Crippen LogP contribution >= 0.6 is 0 Å². The molecule has 0 bridgehead atoms. The molecule has 3 nitrogen and oxygen atoms in total. The highest BCUT2D eigenvalue weighted by Gasteiger charge is 2.27. The highest BCUT2D eigenvalue weighted by atomic mass is 16.5. The molecule has 0 spiro atoms. The Labute approximate surface area is 116 Å². The molecular formula is C16H24N2O. The van der Waals surface area contributed by atoms with Crippen LogP contribution in [0.15, 0.2) is 18.2 Å². The van der Waals surface area contributed by atoms with Gasteiger partial charge < -0.3 is 14.5 Å². The maximum atomic E-state index is 6.05. The van der Waals surface area contributed by atoms with Crippen molar-refractivity contribution in [3.8, 4) is 5.75 Å². The van der Waals surface area contributed by atoms with Crippen molar-refractivity contribution in [3.05, 3.63) is 23.8 Å². The predicted octanol–water partition coefficient (Wildman–Crippen LogP) is 2.54. The van der Waals surface area contributed by atoms with E-state index in [1.807, 2.05) is 0 Å². The van der Waals surface area contributed by atoms with E-state index in [1.54, 1.807) is 0 Å². The van der Waals surface area contributed by atoms with Gasteiger partial charge >= 0.3 is 0 Å². The van der Waals surface area contributed by atoms with Crippen molar-refractivity contribution in [1.29, 1.82) is 0 Å². The Hall–Kier alpha value is -1.22. The number of hydrogen-bond donors (Lipinski definition) is 0. The molecule has 3 heteroatoms. The van der Waals surface area contributed by atoms with E-state index in [9.17, 15) is 0 Å². The molecule has 0 saturated carbocycles.